The van der Waals surface area contributed by atoms with Gasteiger partial charge in [0.2, 0.25) is 0 Å². The number of benzene rings is 3. The molecule has 0 fully saturated rings. The van der Waals surface area contributed by atoms with Crippen molar-refractivity contribution < 1.29 is 4.79 Å². The fourth-order valence-corrected chi connectivity index (χ4v) is 3.90. The van der Waals surface area contributed by atoms with Gasteiger partial charge in [0.05, 0.1) is 5.56 Å². The van der Waals surface area contributed by atoms with Crippen molar-refractivity contribution >= 4 is 44.4 Å². The lowest BCUT2D eigenvalue weighted by Crippen LogP contribution is -2.18. The fourth-order valence-electron chi connectivity index (χ4n) is 3.54. The van der Waals surface area contributed by atoms with Gasteiger partial charge in [-0.25, -0.2) is 0 Å². The first-order valence-corrected chi connectivity index (χ1v) is 10.6. The van der Waals surface area contributed by atoms with Crippen molar-refractivity contribution in [3.8, 4) is 11.1 Å². The van der Waals surface area contributed by atoms with Crippen LogP contribution in [0.1, 0.15) is 15.9 Å². The second kappa shape index (κ2) is 8.74. The maximum absolute atomic E-state index is 13.2. The maximum Gasteiger partial charge on any atom is 0.260 e. The third-order valence-electron chi connectivity index (χ3n) is 5.12. The number of nitrogens with zero attached hydrogens (tertiary/aromatic N) is 1. The molecule has 3 aromatic carbocycles. The Labute approximate surface area is 189 Å². The minimum atomic E-state index is -0.397. The minimum Gasteiger partial charge on any atom is -0.378 e. The van der Waals surface area contributed by atoms with Crippen LogP contribution < -0.4 is 10.5 Å². The SMILES string of the molecule is CN(C)c1ccc(C=CC(=O)c2c(-c3ccccc3)c3cc(Br)ccc3[nH]c2=O)cc1. The number of hydrogen-bond donors (Lipinski definition) is 1. The lowest BCUT2D eigenvalue weighted by Gasteiger charge is -2.12. The number of allylic oxidation sites excluding steroid dienone is 1. The van der Waals surface area contributed by atoms with Crippen molar-refractivity contribution in [2.75, 3.05) is 19.0 Å². The lowest BCUT2D eigenvalue weighted by atomic mass is 9.94. The Kier molecular flexibility index (Phi) is 5.87. The predicted octanol–water partition coefficient (Wildman–Crippen LogP) is 5.92. The highest BCUT2D eigenvalue weighted by Crippen LogP contribution is 2.31. The predicted molar refractivity (Wildman–Crippen MR) is 132 cm³/mol. The van der Waals surface area contributed by atoms with Crippen LogP contribution in [0.5, 0.6) is 0 Å². The Morgan fingerprint density at radius 2 is 1.68 bits per heavy atom. The highest BCUT2D eigenvalue weighted by atomic mass is 79.9. The maximum atomic E-state index is 13.2. The summed E-state index contributed by atoms with van der Waals surface area (Å²) in [6.45, 7) is 0. The van der Waals surface area contributed by atoms with E-state index in [1.165, 1.54) is 6.08 Å². The first-order valence-electron chi connectivity index (χ1n) is 9.85. The average Bonchev–Trinajstić information content (AvgIpc) is 2.77. The Balaban J connectivity index is 1.83. The molecule has 0 aliphatic carbocycles. The molecule has 154 valence electrons. The molecule has 1 N–H and O–H groups in total. The van der Waals surface area contributed by atoms with Gasteiger partial charge in [-0.3, -0.25) is 9.59 Å². The number of pyridine rings is 1. The molecule has 5 heteroatoms. The number of nitrogens with one attached hydrogen (secondary N) is 1. The van der Waals surface area contributed by atoms with Crippen molar-refractivity contribution in [2.45, 2.75) is 0 Å². The third-order valence-corrected chi connectivity index (χ3v) is 5.61. The fraction of sp³-hybridized carbons (Fsp3) is 0.0769. The zero-order valence-electron chi connectivity index (χ0n) is 17.2. The molecule has 4 aromatic rings. The van der Waals surface area contributed by atoms with Gasteiger partial charge in [-0.05, 0) is 47.5 Å². The second-order valence-electron chi connectivity index (χ2n) is 7.44. The summed E-state index contributed by atoms with van der Waals surface area (Å²) in [5.74, 6) is -0.335. The van der Waals surface area contributed by atoms with E-state index >= 15 is 0 Å². The van der Waals surface area contributed by atoms with Crippen molar-refractivity contribution in [3.63, 3.8) is 0 Å². The van der Waals surface area contributed by atoms with Gasteiger partial charge >= 0.3 is 0 Å². The topological polar surface area (TPSA) is 53.2 Å². The van der Waals surface area contributed by atoms with E-state index in [2.05, 4.69) is 20.9 Å². The normalized spacial score (nSPS) is 11.2. The zero-order chi connectivity index (χ0) is 22.0. The van der Waals surface area contributed by atoms with E-state index in [-0.39, 0.29) is 11.3 Å². The summed E-state index contributed by atoms with van der Waals surface area (Å²) in [7, 11) is 3.95. The number of ketones is 1. The third kappa shape index (κ3) is 4.37. The number of aromatic nitrogens is 1. The number of carbonyl (C=O) groups is 1. The van der Waals surface area contributed by atoms with Gasteiger partial charge in [0.1, 0.15) is 0 Å². The van der Waals surface area contributed by atoms with Gasteiger partial charge in [-0.2, -0.15) is 0 Å². The smallest absolute Gasteiger partial charge is 0.260 e. The van der Waals surface area contributed by atoms with E-state index in [0.717, 1.165) is 26.7 Å². The van der Waals surface area contributed by atoms with E-state index in [0.29, 0.717) is 11.1 Å². The number of halogens is 1. The number of hydrogen-bond acceptors (Lipinski definition) is 3. The van der Waals surface area contributed by atoms with Crippen LogP contribution in [0.4, 0.5) is 5.69 Å². The molecule has 0 amide bonds. The molecular weight excluding hydrogens is 452 g/mol. The van der Waals surface area contributed by atoms with Crippen LogP contribution in [0.3, 0.4) is 0 Å². The van der Waals surface area contributed by atoms with E-state index in [9.17, 15) is 9.59 Å². The summed E-state index contributed by atoms with van der Waals surface area (Å²) >= 11 is 3.50. The number of rotatable bonds is 5. The lowest BCUT2D eigenvalue weighted by molar-refractivity contribution is 0.104. The van der Waals surface area contributed by atoms with Crippen LogP contribution in [-0.2, 0) is 0 Å². The summed E-state index contributed by atoms with van der Waals surface area (Å²) < 4.78 is 0.874. The highest BCUT2D eigenvalue weighted by molar-refractivity contribution is 9.10. The Morgan fingerprint density at radius 1 is 0.968 bits per heavy atom. The van der Waals surface area contributed by atoms with Gasteiger partial charge in [0.15, 0.2) is 5.78 Å². The molecule has 0 aliphatic heterocycles. The largest absolute Gasteiger partial charge is 0.378 e. The number of aromatic amines is 1. The molecule has 0 aliphatic rings. The van der Waals surface area contributed by atoms with Crippen molar-refractivity contribution in [1.82, 2.24) is 4.98 Å². The van der Waals surface area contributed by atoms with Crippen LogP contribution in [0.15, 0.2) is 88.1 Å². The van der Waals surface area contributed by atoms with E-state index in [4.69, 9.17) is 0 Å². The van der Waals surface area contributed by atoms with Crippen molar-refractivity contribution in [3.05, 3.63) is 105 Å². The Morgan fingerprint density at radius 3 is 2.35 bits per heavy atom. The molecule has 0 radical (unpaired) electrons. The summed E-state index contributed by atoms with van der Waals surface area (Å²) in [5, 5.41) is 0.812. The molecule has 1 heterocycles. The molecule has 0 atom stereocenters. The van der Waals surface area contributed by atoms with E-state index < -0.39 is 5.56 Å². The van der Waals surface area contributed by atoms with Gasteiger partial charge in [-0.15, -0.1) is 0 Å². The first kappa shape index (κ1) is 20.8. The van der Waals surface area contributed by atoms with Crippen molar-refractivity contribution in [2.24, 2.45) is 0 Å². The van der Waals surface area contributed by atoms with Crippen LogP contribution in [-0.4, -0.2) is 24.9 Å². The van der Waals surface area contributed by atoms with Crippen LogP contribution in [0, 0.1) is 0 Å². The average molecular weight is 473 g/mol. The number of carbonyl (C=O) groups excluding carboxylic acids is 1. The summed E-state index contributed by atoms with van der Waals surface area (Å²) in [6, 6.07) is 23.0. The molecule has 0 bridgehead atoms. The standard InChI is InChI=1S/C26H21BrN2O2/c1-29(2)20-12-8-17(9-13-20)10-15-23(30)25-24(18-6-4-3-5-7-18)21-16-19(27)11-14-22(21)28-26(25)31/h3-16H,1-2H3,(H,28,31). The monoisotopic (exact) mass is 472 g/mol. The van der Waals surface area contributed by atoms with Crippen LogP contribution >= 0.6 is 15.9 Å². The van der Waals surface area contributed by atoms with E-state index in [1.54, 1.807) is 6.08 Å². The molecule has 4 rings (SSSR count). The quantitative estimate of drug-likeness (QED) is 0.289. The molecule has 31 heavy (non-hydrogen) atoms. The summed E-state index contributed by atoms with van der Waals surface area (Å²) in [6.07, 6.45) is 3.20. The molecule has 0 saturated carbocycles. The van der Waals surface area contributed by atoms with Crippen molar-refractivity contribution in [1.29, 1.82) is 0 Å². The Bertz CT molecular complexity index is 1340. The van der Waals surface area contributed by atoms with Crippen LogP contribution in [0.2, 0.25) is 0 Å². The van der Waals surface area contributed by atoms with Gasteiger partial charge in [0, 0.05) is 40.7 Å². The summed E-state index contributed by atoms with van der Waals surface area (Å²) in [4.78, 5) is 31.0. The van der Waals surface area contributed by atoms with Gasteiger partial charge < -0.3 is 9.88 Å². The van der Waals surface area contributed by atoms with E-state index in [1.807, 2.05) is 91.8 Å². The minimum absolute atomic E-state index is 0.137. The number of fused-ring (bicyclic) bond motifs is 1. The first-order chi connectivity index (χ1) is 14.9. The molecule has 4 nitrogen and oxygen atoms in total. The molecule has 1 aromatic heterocycles. The molecular formula is C26H21BrN2O2. The second-order valence-corrected chi connectivity index (χ2v) is 8.36. The number of anilines is 1. The number of H-pyrrole nitrogens is 1. The van der Waals surface area contributed by atoms with Gasteiger partial charge in [-0.1, -0.05) is 64.5 Å². The summed E-state index contributed by atoms with van der Waals surface area (Å²) in [5.41, 5.74) is 3.85. The molecule has 0 saturated heterocycles. The van der Waals surface area contributed by atoms with Crippen LogP contribution in [0.25, 0.3) is 28.1 Å². The zero-order valence-corrected chi connectivity index (χ0v) is 18.8. The molecule has 0 spiro atoms. The highest BCUT2D eigenvalue weighted by Gasteiger charge is 2.19. The van der Waals surface area contributed by atoms with Gasteiger partial charge in [0.25, 0.3) is 5.56 Å². The Hall–Kier alpha value is -3.44. The molecule has 0 unspecified atom stereocenters.